The van der Waals surface area contributed by atoms with Crippen LogP contribution in [0.1, 0.15) is 60.9 Å². The molecule has 0 N–H and O–H groups in total. The maximum Gasteiger partial charge on any atom is 0.162 e. The average Bonchev–Trinajstić information content (AvgIpc) is 2.99. The van der Waals surface area contributed by atoms with E-state index in [0.29, 0.717) is 23.4 Å². The lowest BCUT2D eigenvalue weighted by Crippen LogP contribution is -2.64. The molecule has 3 saturated heterocycles. The van der Waals surface area contributed by atoms with Gasteiger partial charge in [0.05, 0.1) is 0 Å². The summed E-state index contributed by atoms with van der Waals surface area (Å²) in [6.45, 7) is 4.70. The Balaban J connectivity index is 1.20. The molecule has 4 aromatic carbocycles. The van der Waals surface area contributed by atoms with Crippen LogP contribution in [-0.2, 0) is 6.54 Å². The van der Waals surface area contributed by atoms with Crippen LogP contribution in [0.3, 0.4) is 0 Å². The van der Waals surface area contributed by atoms with Gasteiger partial charge < -0.3 is 0 Å². The Morgan fingerprint density at radius 2 is 1.52 bits per heavy atom. The van der Waals surface area contributed by atoms with Crippen LogP contribution in [0.4, 0.5) is 0 Å². The van der Waals surface area contributed by atoms with Gasteiger partial charge in [-0.25, -0.2) is 0 Å². The van der Waals surface area contributed by atoms with E-state index >= 15 is 0 Å². The van der Waals surface area contributed by atoms with Crippen LogP contribution in [0.25, 0.3) is 21.5 Å². The van der Waals surface area contributed by atoms with Gasteiger partial charge in [-0.2, -0.15) is 0 Å². The molecule has 4 heteroatoms. The maximum atomic E-state index is 13.0. The van der Waals surface area contributed by atoms with E-state index in [1.54, 1.807) is 0 Å². The van der Waals surface area contributed by atoms with Crippen molar-refractivity contribution in [3.63, 3.8) is 0 Å². The molecular weight excluding hydrogens is 512 g/mol. The normalized spacial score (nSPS) is 25.2. The smallest absolute Gasteiger partial charge is 0.162 e. The number of piperidine rings is 3. The second-order valence-corrected chi connectivity index (χ2v) is 12.8. The minimum absolute atomic E-state index is 0.236. The number of carbonyl (C=O) groups is 1. The molecule has 3 aliphatic heterocycles. The Bertz CT molecular complexity index is 1460. The minimum Gasteiger partial charge on any atom is -0.300 e. The van der Waals surface area contributed by atoms with Crippen molar-refractivity contribution in [1.82, 2.24) is 9.80 Å². The number of rotatable bonds is 7. The number of fused-ring (bicyclic) bond motifs is 2. The average molecular weight is 551 g/mol. The third-order valence-electron chi connectivity index (χ3n) is 10.1. The van der Waals surface area contributed by atoms with Gasteiger partial charge >= 0.3 is 0 Å². The van der Waals surface area contributed by atoms with Gasteiger partial charge in [0, 0.05) is 42.2 Å². The monoisotopic (exact) mass is 550 g/mol. The Hall–Kier alpha value is -2.72. The van der Waals surface area contributed by atoms with Crippen molar-refractivity contribution >= 4 is 38.9 Å². The van der Waals surface area contributed by atoms with Crippen LogP contribution in [0.2, 0.25) is 5.02 Å². The van der Waals surface area contributed by atoms with Gasteiger partial charge in [-0.1, -0.05) is 60.1 Å². The number of benzene rings is 4. The highest BCUT2D eigenvalue weighted by Gasteiger charge is 2.48. The van der Waals surface area contributed by atoms with E-state index in [1.165, 1.54) is 72.4 Å². The fourth-order valence-corrected chi connectivity index (χ4v) is 8.52. The van der Waals surface area contributed by atoms with Crippen LogP contribution < -0.4 is 0 Å². The zero-order valence-corrected chi connectivity index (χ0v) is 24.0. The van der Waals surface area contributed by atoms with E-state index in [0.717, 1.165) is 36.9 Å². The lowest BCUT2D eigenvalue weighted by Gasteiger charge is -2.57. The topological polar surface area (TPSA) is 23.6 Å². The molecule has 7 rings (SSSR count). The van der Waals surface area contributed by atoms with Crippen molar-refractivity contribution in [3.8, 4) is 0 Å². The SMILES string of the molecule is O=C(CCC[C@@H]1[C@H]2CCCN3CCC[C@H](CN1Cc1c4ccccc4cc4ccccc14)[C@@H]23)c1ccc(Cl)cc1. The highest BCUT2D eigenvalue weighted by atomic mass is 35.5. The van der Waals surface area contributed by atoms with E-state index in [2.05, 4.69) is 64.4 Å². The quantitative estimate of drug-likeness (QED) is 0.170. The van der Waals surface area contributed by atoms with Crippen LogP contribution in [0, 0.1) is 11.8 Å². The van der Waals surface area contributed by atoms with Crippen molar-refractivity contribution in [2.75, 3.05) is 19.6 Å². The van der Waals surface area contributed by atoms with Crippen molar-refractivity contribution in [1.29, 1.82) is 0 Å². The summed E-state index contributed by atoms with van der Waals surface area (Å²) in [5.41, 5.74) is 2.25. The molecular formula is C36H39ClN2O. The molecule has 4 aromatic rings. The molecule has 40 heavy (non-hydrogen) atoms. The summed E-state index contributed by atoms with van der Waals surface area (Å²) in [7, 11) is 0. The molecule has 206 valence electrons. The van der Waals surface area contributed by atoms with Crippen LogP contribution in [0.5, 0.6) is 0 Å². The molecule has 3 heterocycles. The van der Waals surface area contributed by atoms with Gasteiger partial charge in [0.1, 0.15) is 0 Å². The first kappa shape index (κ1) is 26.2. The second-order valence-electron chi connectivity index (χ2n) is 12.4. The first-order valence-electron chi connectivity index (χ1n) is 15.3. The van der Waals surface area contributed by atoms with Gasteiger partial charge in [0.25, 0.3) is 0 Å². The summed E-state index contributed by atoms with van der Waals surface area (Å²) in [6.07, 6.45) is 7.94. The highest BCUT2D eigenvalue weighted by molar-refractivity contribution is 6.30. The molecule has 3 aliphatic rings. The van der Waals surface area contributed by atoms with Gasteiger partial charge in [0.2, 0.25) is 0 Å². The van der Waals surface area contributed by atoms with Crippen molar-refractivity contribution in [3.05, 3.63) is 95.0 Å². The molecule has 0 bridgehead atoms. The van der Waals surface area contributed by atoms with E-state index in [4.69, 9.17) is 11.6 Å². The van der Waals surface area contributed by atoms with Crippen LogP contribution in [0.15, 0.2) is 78.9 Å². The van der Waals surface area contributed by atoms with Crippen LogP contribution >= 0.6 is 11.6 Å². The number of hydrogen-bond donors (Lipinski definition) is 0. The molecule has 0 unspecified atom stereocenters. The number of nitrogens with zero attached hydrogens (tertiary/aromatic N) is 2. The molecule has 0 aromatic heterocycles. The van der Waals surface area contributed by atoms with Gasteiger partial charge in [-0.05, 0) is 121 Å². The van der Waals surface area contributed by atoms with E-state index in [-0.39, 0.29) is 5.78 Å². The number of likely N-dealkylation sites (tertiary alicyclic amines) is 1. The molecule has 3 fully saturated rings. The number of hydrogen-bond acceptors (Lipinski definition) is 3. The minimum atomic E-state index is 0.236. The molecule has 4 atom stereocenters. The highest BCUT2D eigenvalue weighted by Crippen LogP contribution is 2.44. The second kappa shape index (κ2) is 11.3. The lowest BCUT2D eigenvalue weighted by atomic mass is 9.69. The van der Waals surface area contributed by atoms with Crippen LogP contribution in [-0.4, -0.2) is 47.3 Å². The number of carbonyl (C=O) groups excluding carboxylic acids is 1. The molecule has 0 radical (unpaired) electrons. The zero-order valence-electron chi connectivity index (χ0n) is 23.3. The summed E-state index contributed by atoms with van der Waals surface area (Å²) in [6, 6.07) is 28.8. The van der Waals surface area contributed by atoms with Crippen molar-refractivity contribution in [2.24, 2.45) is 11.8 Å². The summed E-state index contributed by atoms with van der Waals surface area (Å²) in [5, 5.41) is 6.11. The molecule has 0 spiro atoms. The third kappa shape index (κ3) is 4.98. The third-order valence-corrected chi connectivity index (χ3v) is 10.3. The van der Waals surface area contributed by atoms with E-state index < -0.39 is 0 Å². The Morgan fingerprint density at radius 1 is 0.850 bits per heavy atom. The fourth-order valence-electron chi connectivity index (χ4n) is 8.40. The standard InChI is InChI=1S/C36H39ClN2O/c37-29-18-16-25(17-19-29)35(40)15-5-14-34-32-13-7-21-38-20-6-10-28(36(32)38)23-39(34)24-33-30-11-3-1-8-26(30)22-27-9-2-4-12-31(27)33/h1-4,8-9,11-12,16-19,22,28,32,34,36H,5-7,10,13-15,20-21,23-24H2/t28-,32-,34-,36+/m1/s1. The van der Waals surface area contributed by atoms with Crippen molar-refractivity contribution < 1.29 is 4.79 Å². The van der Waals surface area contributed by atoms with Gasteiger partial charge in [-0.3, -0.25) is 14.6 Å². The number of Topliss-reactive ketones (excluding diaryl/α,β-unsaturated/α-hetero) is 1. The first-order chi connectivity index (χ1) is 19.7. The fraction of sp³-hybridized carbons (Fsp3) is 0.417. The first-order valence-corrected chi connectivity index (χ1v) is 15.7. The predicted molar refractivity (Wildman–Crippen MR) is 166 cm³/mol. The van der Waals surface area contributed by atoms with Gasteiger partial charge in [0.15, 0.2) is 5.78 Å². The summed E-state index contributed by atoms with van der Waals surface area (Å²) in [5.74, 6) is 1.69. The Kier molecular flexibility index (Phi) is 7.39. The summed E-state index contributed by atoms with van der Waals surface area (Å²) < 4.78 is 0. The van der Waals surface area contributed by atoms with E-state index in [1.807, 2.05) is 24.3 Å². The molecule has 0 aliphatic carbocycles. The summed E-state index contributed by atoms with van der Waals surface area (Å²) in [4.78, 5) is 18.7. The molecule has 3 nitrogen and oxygen atoms in total. The molecule has 0 amide bonds. The summed E-state index contributed by atoms with van der Waals surface area (Å²) >= 11 is 6.06. The largest absolute Gasteiger partial charge is 0.300 e. The number of halogens is 1. The lowest BCUT2D eigenvalue weighted by molar-refractivity contribution is -0.0808. The Labute approximate surface area is 243 Å². The zero-order chi connectivity index (χ0) is 27.1. The predicted octanol–water partition coefficient (Wildman–Crippen LogP) is 8.37. The van der Waals surface area contributed by atoms with Gasteiger partial charge in [-0.15, -0.1) is 0 Å². The number of ketones is 1. The van der Waals surface area contributed by atoms with Crippen molar-refractivity contribution in [2.45, 2.75) is 63.6 Å². The van der Waals surface area contributed by atoms with E-state index in [9.17, 15) is 4.79 Å². The molecule has 0 saturated carbocycles. The Morgan fingerprint density at radius 3 is 2.25 bits per heavy atom. The maximum absolute atomic E-state index is 13.0.